The standard InChI is InChI=1S/C13H12ClNO5S/c1-3-6-15(8-12(16)17)13(18)9-4-5-10(14)11(7-9)21(2,19)20/h1,4-5,7H,6,8H2,2H3,(H,16,17). The molecule has 0 fully saturated rings. The third-order valence-electron chi connectivity index (χ3n) is 2.47. The molecule has 1 N–H and O–H groups in total. The summed E-state index contributed by atoms with van der Waals surface area (Å²) in [5.74, 6) is 0.268. The van der Waals surface area contributed by atoms with Gasteiger partial charge in [0.25, 0.3) is 5.91 Å². The van der Waals surface area contributed by atoms with Crippen molar-refractivity contribution in [2.45, 2.75) is 4.90 Å². The Kier molecular flexibility index (Phi) is 5.35. The van der Waals surface area contributed by atoms with Crippen LogP contribution in [-0.2, 0) is 14.6 Å². The zero-order chi connectivity index (χ0) is 16.2. The van der Waals surface area contributed by atoms with Gasteiger partial charge < -0.3 is 10.0 Å². The Balaban J connectivity index is 3.23. The summed E-state index contributed by atoms with van der Waals surface area (Å²) >= 11 is 5.78. The molecule has 1 aromatic rings. The zero-order valence-electron chi connectivity index (χ0n) is 11.0. The third-order valence-corrected chi connectivity index (χ3v) is 4.05. The van der Waals surface area contributed by atoms with Gasteiger partial charge in [0.15, 0.2) is 9.84 Å². The lowest BCUT2D eigenvalue weighted by atomic mass is 10.2. The van der Waals surface area contributed by atoms with Crippen LogP contribution >= 0.6 is 11.6 Å². The average molecular weight is 330 g/mol. The van der Waals surface area contributed by atoms with Crippen molar-refractivity contribution >= 4 is 33.3 Å². The molecule has 0 unspecified atom stereocenters. The number of carboxylic acid groups (broad SMARTS) is 1. The Morgan fingerprint density at radius 1 is 1.43 bits per heavy atom. The molecular formula is C13H12ClNO5S. The summed E-state index contributed by atoms with van der Waals surface area (Å²) in [7, 11) is -3.61. The van der Waals surface area contributed by atoms with E-state index in [0.29, 0.717) is 0 Å². The summed E-state index contributed by atoms with van der Waals surface area (Å²) in [6, 6.07) is 3.68. The van der Waals surface area contributed by atoms with Crippen LogP contribution in [0, 0.1) is 12.3 Å². The molecule has 112 valence electrons. The first-order chi connectivity index (χ1) is 9.66. The van der Waals surface area contributed by atoms with Crippen LogP contribution in [0.4, 0.5) is 0 Å². The Bertz CT molecular complexity index is 721. The molecule has 1 rings (SSSR count). The molecule has 0 radical (unpaired) electrons. The third kappa shape index (κ3) is 4.48. The topological polar surface area (TPSA) is 91.8 Å². The monoisotopic (exact) mass is 329 g/mol. The number of benzene rings is 1. The molecule has 0 aliphatic carbocycles. The highest BCUT2D eigenvalue weighted by Gasteiger charge is 2.21. The van der Waals surface area contributed by atoms with Crippen LogP contribution in [0.5, 0.6) is 0 Å². The predicted octanol–water partition coefficient (Wildman–Crippen LogP) is 0.904. The van der Waals surface area contributed by atoms with Gasteiger partial charge in [0.1, 0.15) is 6.54 Å². The molecule has 1 amide bonds. The van der Waals surface area contributed by atoms with Crippen LogP contribution in [0.2, 0.25) is 5.02 Å². The van der Waals surface area contributed by atoms with Gasteiger partial charge in [-0.25, -0.2) is 8.42 Å². The van der Waals surface area contributed by atoms with Crippen molar-refractivity contribution < 1.29 is 23.1 Å². The molecule has 0 aliphatic rings. The average Bonchev–Trinajstić information content (AvgIpc) is 2.36. The minimum atomic E-state index is -3.61. The Morgan fingerprint density at radius 2 is 2.05 bits per heavy atom. The van der Waals surface area contributed by atoms with Gasteiger partial charge in [-0.2, -0.15) is 0 Å². The molecular weight excluding hydrogens is 318 g/mol. The van der Waals surface area contributed by atoms with E-state index < -0.39 is 28.3 Å². The number of amides is 1. The van der Waals surface area contributed by atoms with Gasteiger partial charge in [-0.1, -0.05) is 17.5 Å². The maximum Gasteiger partial charge on any atom is 0.323 e. The molecule has 0 aliphatic heterocycles. The van der Waals surface area contributed by atoms with Gasteiger partial charge in [-0.15, -0.1) is 6.42 Å². The van der Waals surface area contributed by atoms with E-state index in [0.717, 1.165) is 17.2 Å². The fourth-order valence-corrected chi connectivity index (χ4v) is 2.88. The second-order valence-electron chi connectivity index (χ2n) is 4.18. The number of halogens is 1. The van der Waals surface area contributed by atoms with Crippen molar-refractivity contribution in [1.82, 2.24) is 4.90 Å². The first-order valence-electron chi connectivity index (χ1n) is 5.61. The summed E-state index contributed by atoms with van der Waals surface area (Å²) in [5, 5.41) is 8.74. The van der Waals surface area contributed by atoms with Crippen molar-refractivity contribution in [3.05, 3.63) is 28.8 Å². The maximum absolute atomic E-state index is 12.2. The summed E-state index contributed by atoms with van der Waals surface area (Å²) in [6.45, 7) is -0.790. The van der Waals surface area contributed by atoms with Crippen LogP contribution in [0.15, 0.2) is 23.1 Å². The minimum absolute atomic E-state index is 0.00340. The number of hydrogen-bond acceptors (Lipinski definition) is 4. The molecule has 0 saturated carbocycles. The summed E-state index contributed by atoms with van der Waals surface area (Å²) < 4.78 is 23.1. The second kappa shape index (κ2) is 6.61. The lowest BCUT2D eigenvalue weighted by molar-refractivity contribution is -0.137. The Labute approximate surface area is 127 Å². The van der Waals surface area contributed by atoms with E-state index in [2.05, 4.69) is 5.92 Å². The van der Waals surface area contributed by atoms with E-state index in [-0.39, 0.29) is 22.0 Å². The van der Waals surface area contributed by atoms with Crippen LogP contribution in [0.3, 0.4) is 0 Å². The summed E-state index contributed by atoms with van der Waals surface area (Å²) in [4.78, 5) is 23.6. The SMILES string of the molecule is C#CCN(CC(=O)O)C(=O)c1ccc(Cl)c(S(C)(=O)=O)c1. The van der Waals surface area contributed by atoms with E-state index in [9.17, 15) is 18.0 Å². The van der Waals surface area contributed by atoms with Crippen LogP contribution in [-0.4, -0.2) is 49.6 Å². The fourth-order valence-electron chi connectivity index (χ4n) is 1.58. The van der Waals surface area contributed by atoms with Crippen molar-refractivity contribution in [1.29, 1.82) is 0 Å². The van der Waals surface area contributed by atoms with Gasteiger partial charge in [-0.05, 0) is 18.2 Å². The fraction of sp³-hybridized carbons (Fsp3) is 0.231. The molecule has 8 heteroatoms. The Hall–Kier alpha value is -2.04. The van der Waals surface area contributed by atoms with Crippen molar-refractivity contribution in [3.8, 4) is 12.3 Å². The van der Waals surface area contributed by atoms with Crippen LogP contribution < -0.4 is 0 Å². The highest BCUT2D eigenvalue weighted by atomic mass is 35.5. The minimum Gasteiger partial charge on any atom is -0.480 e. The van der Waals surface area contributed by atoms with Crippen molar-refractivity contribution in [3.63, 3.8) is 0 Å². The predicted molar refractivity (Wildman–Crippen MR) is 76.9 cm³/mol. The van der Waals surface area contributed by atoms with Gasteiger partial charge in [0.05, 0.1) is 16.5 Å². The highest BCUT2D eigenvalue weighted by molar-refractivity contribution is 7.90. The maximum atomic E-state index is 12.2. The first kappa shape index (κ1) is 17.0. The van der Waals surface area contributed by atoms with E-state index in [1.807, 2.05) is 0 Å². The summed E-state index contributed by atoms with van der Waals surface area (Å²) in [5.41, 5.74) is -0.00340. The number of carbonyl (C=O) groups is 2. The molecule has 21 heavy (non-hydrogen) atoms. The van der Waals surface area contributed by atoms with E-state index in [4.69, 9.17) is 23.1 Å². The molecule has 0 bridgehead atoms. The molecule has 6 nitrogen and oxygen atoms in total. The number of aliphatic carboxylic acids is 1. The van der Waals surface area contributed by atoms with Crippen molar-refractivity contribution in [2.24, 2.45) is 0 Å². The Morgan fingerprint density at radius 3 is 2.52 bits per heavy atom. The van der Waals surface area contributed by atoms with Gasteiger partial charge in [0.2, 0.25) is 0 Å². The lowest BCUT2D eigenvalue weighted by Crippen LogP contribution is -2.36. The molecule has 0 spiro atoms. The van der Waals surface area contributed by atoms with E-state index >= 15 is 0 Å². The number of hydrogen-bond donors (Lipinski definition) is 1. The summed E-state index contributed by atoms with van der Waals surface area (Å²) in [6.07, 6.45) is 6.05. The molecule has 0 atom stereocenters. The first-order valence-corrected chi connectivity index (χ1v) is 7.88. The second-order valence-corrected chi connectivity index (χ2v) is 6.57. The molecule has 0 aromatic heterocycles. The molecule has 1 aromatic carbocycles. The number of carbonyl (C=O) groups excluding carboxylic acids is 1. The smallest absolute Gasteiger partial charge is 0.323 e. The molecule has 0 heterocycles. The van der Waals surface area contributed by atoms with Gasteiger partial charge in [0, 0.05) is 11.8 Å². The van der Waals surface area contributed by atoms with Crippen molar-refractivity contribution in [2.75, 3.05) is 19.3 Å². The quantitative estimate of drug-likeness (QED) is 0.810. The highest BCUT2D eigenvalue weighted by Crippen LogP contribution is 2.23. The number of sulfone groups is 1. The van der Waals surface area contributed by atoms with Crippen LogP contribution in [0.1, 0.15) is 10.4 Å². The zero-order valence-corrected chi connectivity index (χ0v) is 12.6. The van der Waals surface area contributed by atoms with Gasteiger partial charge >= 0.3 is 5.97 Å². The number of carboxylic acids is 1. The number of terminal acetylenes is 1. The number of rotatable bonds is 5. The van der Waals surface area contributed by atoms with E-state index in [1.165, 1.54) is 12.1 Å². The largest absolute Gasteiger partial charge is 0.480 e. The lowest BCUT2D eigenvalue weighted by Gasteiger charge is -2.18. The van der Waals surface area contributed by atoms with E-state index in [1.54, 1.807) is 0 Å². The van der Waals surface area contributed by atoms with Gasteiger partial charge in [-0.3, -0.25) is 9.59 Å². The molecule has 0 saturated heterocycles. The normalized spacial score (nSPS) is 10.7. The van der Waals surface area contributed by atoms with Crippen LogP contribution in [0.25, 0.3) is 0 Å². The number of nitrogens with zero attached hydrogens (tertiary/aromatic N) is 1.